The van der Waals surface area contributed by atoms with E-state index in [2.05, 4.69) is 9.71 Å². The van der Waals surface area contributed by atoms with Gasteiger partial charge in [-0.3, -0.25) is 14.5 Å². The molecule has 8 heteroatoms. The van der Waals surface area contributed by atoms with Gasteiger partial charge in [0.2, 0.25) is 0 Å². The van der Waals surface area contributed by atoms with Crippen molar-refractivity contribution in [3.8, 4) is 0 Å². The van der Waals surface area contributed by atoms with Crippen LogP contribution in [0.5, 0.6) is 0 Å². The quantitative estimate of drug-likeness (QED) is 0.631. The third kappa shape index (κ3) is 4.32. The largest absolute Gasteiger partial charge is 0.332 e. The SMILES string of the molecule is O=C(c1ccc(S(=O)(=O)Nc2ccc(Cl)cc2)cc1)N1CCCC1c1cccnc1. The summed E-state index contributed by atoms with van der Waals surface area (Å²) in [6.07, 6.45) is 5.30. The van der Waals surface area contributed by atoms with Gasteiger partial charge in [0.05, 0.1) is 10.9 Å². The summed E-state index contributed by atoms with van der Waals surface area (Å²) < 4.78 is 27.7. The molecular formula is C22H20ClN3O3S. The van der Waals surface area contributed by atoms with E-state index >= 15 is 0 Å². The lowest BCUT2D eigenvalue weighted by molar-refractivity contribution is 0.0735. The molecule has 6 nitrogen and oxygen atoms in total. The highest BCUT2D eigenvalue weighted by atomic mass is 35.5. The van der Waals surface area contributed by atoms with Gasteiger partial charge in [-0.15, -0.1) is 0 Å². The minimum absolute atomic E-state index is 0.0128. The molecule has 1 amide bonds. The first kappa shape index (κ1) is 20.4. The van der Waals surface area contributed by atoms with E-state index in [1.54, 1.807) is 48.8 Å². The van der Waals surface area contributed by atoms with Gasteiger partial charge in [-0.2, -0.15) is 0 Å². The fraction of sp³-hybridized carbons (Fsp3) is 0.182. The lowest BCUT2D eigenvalue weighted by Gasteiger charge is -2.25. The molecule has 2 aromatic carbocycles. The van der Waals surface area contributed by atoms with Gasteiger partial charge in [0.25, 0.3) is 15.9 Å². The van der Waals surface area contributed by atoms with Crippen LogP contribution in [0.15, 0.2) is 78.0 Å². The summed E-state index contributed by atoms with van der Waals surface area (Å²) >= 11 is 5.83. The predicted molar refractivity (Wildman–Crippen MR) is 116 cm³/mol. The Bertz CT molecular complexity index is 1130. The first-order valence-corrected chi connectivity index (χ1v) is 11.4. The molecular weight excluding hydrogens is 422 g/mol. The van der Waals surface area contributed by atoms with Crippen molar-refractivity contribution < 1.29 is 13.2 Å². The molecule has 154 valence electrons. The van der Waals surface area contributed by atoms with Crippen molar-refractivity contribution >= 4 is 33.2 Å². The smallest absolute Gasteiger partial charge is 0.261 e. The van der Waals surface area contributed by atoms with E-state index in [-0.39, 0.29) is 16.8 Å². The van der Waals surface area contributed by atoms with Crippen LogP contribution in [-0.2, 0) is 10.0 Å². The lowest BCUT2D eigenvalue weighted by atomic mass is 10.1. The maximum atomic E-state index is 13.0. The van der Waals surface area contributed by atoms with E-state index in [9.17, 15) is 13.2 Å². The van der Waals surface area contributed by atoms with Gasteiger partial charge in [-0.25, -0.2) is 8.42 Å². The second kappa shape index (κ2) is 8.45. The summed E-state index contributed by atoms with van der Waals surface area (Å²) in [4.78, 5) is 19.1. The second-order valence-corrected chi connectivity index (χ2v) is 9.20. The number of nitrogens with zero attached hydrogens (tertiary/aromatic N) is 2. The van der Waals surface area contributed by atoms with Crippen LogP contribution in [0, 0.1) is 0 Å². The number of rotatable bonds is 5. The average Bonchev–Trinajstić information content (AvgIpc) is 3.25. The van der Waals surface area contributed by atoms with Crippen molar-refractivity contribution in [1.29, 1.82) is 0 Å². The van der Waals surface area contributed by atoms with Crippen molar-refractivity contribution in [1.82, 2.24) is 9.88 Å². The van der Waals surface area contributed by atoms with Gasteiger partial charge in [0, 0.05) is 35.2 Å². The van der Waals surface area contributed by atoms with E-state index < -0.39 is 10.0 Å². The second-order valence-electron chi connectivity index (χ2n) is 7.08. The average molecular weight is 442 g/mol. The highest BCUT2D eigenvalue weighted by molar-refractivity contribution is 7.92. The molecule has 1 aromatic heterocycles. The standard InChI is InChI=1S/C22H20ClN3O3S/c23-18-7-9-19(10-8-18)25-30(28,29)20-11-5-16(6-12-20)22(27)26-14-2-4-21(26)17-3-1-13-24-15-17/h1,3,5-13,15,21,25H,2,4,14H2. The molecule has 30 heavy (non-hydrogen) atoms. The number of halogens is 1. The molecule has 0 aliphatic carbocycles. The molecule has 0 bridgehead atoms. The van der Waals surface area contributed by atoms with Crippen LogP contribution in [0.3, 0.4) is 0 Å². The van der Waals surface area contributed by atoms with Crippen LogP contribution in [0.2, 0.25) is 5.02 Å². The van der Waals surface area contributed by atoms with Crippen molar-refractivity contribution in [2.24, 2.45) is 0 Å². The topological polar surface area (TPSA) is 79.4 Å². The van der Waals surface area contributed by atoms with E-state index in [1.807, 2.05) is 17.0 Å². The molecule has 0 spiro atoms. The highest BCUT2D eigenvalue weighted by Gasteiger charge is 2.30. The number of sulfonamides is 1. The number of nitrogens with one attached hydrogen (secondary N) is 1. The van der Waals surface area contributed by atoms with Gasteiger partial charge >= 0.3 is 0 Å². The molecule has 1 atom stereocenters. The molecule has 3 aromatic rings. The number of benzene rings is 2. The molecule has 1 fully saturated rings. The van der Waals surface area contributed by atoms with Gasteiger partial charge < -0.3 is 4.90 Å². The highest BCUT2D eigenvalue weighted by Crippen LogP contribution is 2.32. The first-order valence-electron chi connectivity index (χ1n) is 9.53. The van der Waals surface area contributed by atoms with Crippen molar-refractivity contribution in [2.75, 3.05) is 11.3 Å². The zero-order valence-corrected chi connectivity index (χ0v) is 17.6. The van der Waals surface area contributed by atoms with Crippen LogP contribution in [-0.4, -0.2) is 30.8 Å². The van der Waals surface area contributed by atoms with Crippen LogP contribution in [0.4, 0.5) is 5.69 Å². The first-order chi connectivity index (χ1) is 14.4. The number of aromatic nitrogens is 1. The molecule has 0 saturated carbocycles. The number of hydrogen-bond donors (Lipinski definition) is 1. The van der Waals surface area contributed by atoms with Gasteiger partial charge in [0.15, 0.2) is 0 Å². The molecule has 0 radical (unpaired) electrons. The van der Waals surface area contributed by atoms with E-state index in [4.69, 9.17) is 11.6 Å². The third-order valence-electron chi connectivity index (χ3n) is 5.09. The maximum Gasteiger partial charge on any atom is 0.261 e. The van der Waals surface area contributed by atoms with E-state index in [0.717, 1.165) is 18.4 Å². The zero-order valence-electron chi connectivity index (χ0n) is 16.0. The van der Waals surface area contributed by atoms with Crippen LogP contribution in [0.25, 0.3) is 0 Å². The Labute approximate surface area is 180 Å². The minimum Gasteiger partial charge on any atom is -0.332 e. The lowest BCUT2D eigenvalue weighted by Crippen LogP contribution is -2.30. The van der Waals surface area contributed by atoms with Gasteiger partial charge in [-0.05, 0) is 73.0 Å². The molecule has 1 saturated heterocycles. The molecule has 1 unspecified atom stereocenters. The Morgan fingerprint density at radius 1 is 1.07 bits per heavy atom. The Balaban J connectivity index is 1.51. The van der Waals surface area contributed by atoms with Crippen LogP contribution in [0.1, 0.15) is 34.8 Å². The molecule has 4 rings (SSSR count). The van der Waals surface area contributed by atoms with Gasteiger partial charge in [-0.1, -0.05) is 17.7 Å². The van der Waals surface area contributed by atoms with Crippen molar-refractivity contribution in [3.63, 3.8) is 0 Å². The van der Waals surface area contributed by atoms with Crippen LogP contribution >= 0.6 is 11.6 Å². The summed E-state index contributed by atoms with van der Waals surface area (Å²) in [6.45, 7) is 0.663. The summed E-state index contributed by atoms with van der Waals surface area (Å²) in [5, 5.41) is 0.521. The normalized spacial score (nSPS) is 16.4. The van der Waals surface area contributed by atoms with Gasteiger partial charge in [0.1, 0.15) is 0 Å². The monoisotopic (exact) mass is 441 g/mol. The number of carbonyl (C=O) groups excluding carboxylic acids is 1. The van der Waals surface area contributed by atoms with Crippen molar-refractivity contribution in [2.45, 2.75) is 23.8 Å². The number of amides is 1. The van der Waals surface area contributed by atoms with Crippen LogP contribution < -0.4 is 4.72 Å². The number of anilines is 1. The molecule has 1 aliphatic heterocycles. The number of hydrogen-bond acceptors (Lipinski definition) is 4. The Morgan fingerprint density at radius 2 is 1.80 bits per heavy atom. The summed E-state index contributed by atoms with van der Waals surface area (Å²) in [5.41, 5.74) is 1.88. The fourth-order valence-corrected chi connectivity index (χ4v) is 4.79. The number of carbonyl (C=O) groups is 1. The minimum atomic E-state index is -3.77. The van der Waals surface area contributed by atoms with E-state index in [1.165, 1.54) is 12.1 Å². The zero-order chi connectivity index (χ0) is 21.1. The molecule has 2 heterocycles. The number of pyridine rings is 1. The Morgan fingerprint density at radius 3 is 2.47 bits per heavy atom. The summed E-state index contributed by atoms with van der Waals surface area (Å²) in [5.74, 6) is -0.115. The number of likely N-dealkylation sites (tertiary alicyclic amines) is 1. The summed E-state index contributed by atoms with van der Waals surface area (Å²) in [6, 6.07) is 16.2. The maximum absolute atomic E-state index is 13.0. The third-order valence-corrected chi connectivity index (χ3v) is 6.74. The Hall–Kier alpha value is -2.90. The molecule has 1 N–H and O–H groups in total. The predicted octanol–water partition coefficient (Wildman–Crippen LogP) is 4.51. The summed E-state index contributed by atoms with van der Waals surface area (Å²) in [7, 11) is -3.77. The Kier molecular flexibility index (Phi) is 5.74. The van der Waals surface area contributed by atoms with Crippen molar-refractivity contribution in [3.05, 3.63) is 89.2 Å². The van der Waals surface area contributed by atoms with E-state index in [0.29, 0.717) is 22.8 Å². The molecule has 1 aliphatic rings. The fourth-order valence-electron chi connectivity index (χ4n) is 3.60.